The Morgan fingerprint density at radius 2 is 0.746 bits per heavy atom. The topological polar surface area (TPSA) is 38.7 Å². The number of thiophene rings is 1. The Morgan fingerprint density at radius 1 is 0.254 bits per heavy atom. The van der Waals surface area contributed by atoms with Gasteiger partial charge in [0.15, 0.2) is 17.5 Å². The Bertz CT molecular complexity index is 3670. The highest BCUT2D eigenvalue weighted by atomic mass is 32.1. The van der Waals surface area contributed by atoms with Crippen LogP contribution in [0.5, 0.6) is 0 Å². The van der Waals surface area contributed by atoms with E-state index in [0.29, 0.717) is 17.5 Å². The first-order valence-electron chi connectivity index (χ1n) is 21.3. The zero-order chi connectivity index (χ0) is 41.7. The van der Waals surface area contributed by atoms with E-state index < -0.39 is 0 Å². The fraction of sp³-hybridized carbons (Fsp3) is 0. The van der Waals surface area contributed by atoms with Crippen LogP contribution < -0.4 is 0 Å². The Kier molecular flexibility index (Phi) is 9.02. The Morgan fingerprint density at radius 3 is 1.49 bits per heavy atom. The van der Waals surface area contributed by atoms with E-state index in [1.54, 1.807) is 11.3 Å². The number of nitrogens with zero attached hydrogens (tertiary/aromatic N) is 3. The molecule has 4 heteroatoms. The minimum absolute atomic E-state index is 0.634. The first-order valence-corrected chi connectivity index (χ1v) is 22.1. The van der Waals surface area contributed by atoms with Crippen molar-refractivity contribution in [3.63, 3.8) is 0 Å². The van der Waals surface area contributed by atoms with E-state index in [1.807, 2.05) is 6.07 Å². The van der Waals surface area contributed by atoms with Gasteiger partial charge < -0.3 is 0 Å². The third kappa shape index (κ3) is 6.65. The molecule has 63 heavy (non-hydrogen) atoms. The highest BCUT2D eigenvalue weighted by Gasteiger charge is 2.19. The molecule has 0 atom stereocenters. The zero-order valence-corrected chi connectivity index (χ0v) is 34.9. The standard InChI is InChI=1S/C59H37N3S/c1-3-14-38(15-4-1)43-32-26-39-27-33-44(37-45(39)36-43)48-35-34-47(49-19-8-9-20-50(48)49)41-28-30-42(31-29-41)57-60-58(53-22-10-7-18-46(53)40-16-5-2-6-17-40)62-59(61-57)54-24-13-23-52-51-21-11-12-25-55(51)63-56(52)54/h1-37H. The normalized spacial score (nSPS) is 11.5. The summed E-state index contributed by atoms with van der Waals surface area (Å²) in [5.41, 5.74) is 12.3. The maximum absolute atomic E-state index is 5.26. The molecular weight excluding hydrogens is 783 g/mol. The van der Waals surface area contributed by atoms with Gasteiger partial charge in [0.1, 0.15) is 0 Å². The van der Waals surface area contributed by atoms with Crippen molar-refractivity contribution in [2.45, 2.75) is 0 Å². The van der Waals surface area contributed by atoms with E-state index in [-0.39, 0.29) is 0 Å². The average Bonchev–Trinajstić information content (AvgIpc) is 3.75. The van der Waals surface area contributed by atoms with Gasteiger partial charge >= 0.3 is 0 Å². The second-order valence-electron chi connectivity index (χ2n) is 15.9. The molecule has 0 aliphatic heterocycles. The lowest BCUT2D eigenvalue weighted by Gasteiger charge is -2.14. The van der Waals surface area contributed by atoms with Crippen molar-refractivity contribution < 1.29 is 0 Å². The minimum Gasteiger partial charge on any atom is -0.208 e. The number of aromatic nitrogens is 3. The molecule has 10 aromatic carbocycles. The number of rotatable bonds is 7. The van der Waals surface area contributed by atoms with E-state index in [0.717, 1.165) is 33.4 Å². The molecular formula is C59H37N3S. The third-order valence-electron chi connectivity index (χ3n) is 12.2. The highest BCUT2D eigenvalue weighted by Crippen LogP contribution is 2.41. The third-order valence-corrected chi connectivity index (χ3v) is 13.4. The zero-order valence-electron chi connectivity index (χ0n) is 34.1. The molecule has 0 amide bonds. The largest absolute Gasteiger partial charge is 0.208 e. The summed E-state index contributed by atoms with van der Waals surface area (Å²) in [6, 6.07) is 80.0. The second kappa shape index (κ2) is 15.4. The summed E-state index contributed by atoms with van der Waals surface area (Å²) >= 11 is 1.79. The fourth-order valence-corrected chi connectivity index (χ4v) is 10.3. The van der Waals surface area contributed by atoms with Crippen LogP contribution >= 0.6 is 11.3 Å². The monoisotopic (exact) mass is 819 g/mol. The Hall–Kier alpha value is -8.05. The highest BCUT2D eigenvalue weighted by molar-refractivity contribution is 7.26. The predicted octanol–water partition coefficient (Wildman–Crippen LogP) is 16.2. The van der Waals surface area contributed by atoms with Crippen LogP contribution in [0.3, 0.4) is 0 Å². The molecule has 0 bridgehead atoms. The molecule has 0 saturated carbocycles. The molecule has 0 aliphatic carbocycles. The molecule has 12 aromatic rings. The van der Waals surface area contributed by atoms with Crippen molar-refractivity contribution in [1.29, 1.82) is 0 Å². The van der Waals surface area contributed by atoms with Crippen molar-refractivity contribution in [2.75, 3.05) is 0 Å². The lowest BCUT2D eigenvalue weighted by Crippen LogP contribution is -2.01. The van der Waals surface area contributed by atoms with Gasteiger partial charge in [0.2, 0.25) is 0 Å². The van der Waals surface area contributed by atoms with Crippen LogP contribution in [-0.4, -0.2) is 15.0 Å². The first kappa shape index (κ1) is 36.8. The average molecular weight is 820 g/mol. The molecule has 0 fully saturated rings. The van der Waals surface area contributed by atoms with Gasteiger partial charge in [-0.05, 0) is 90.3 Å². The van der Waals surface area contributed by atoms with Gasteiger partial charge in [0.05, 0.1) is 0 Å². The summed E-state index contributed by atoms with van der Waals surface area (Å²) in [6.07, 6.45) is 0. The lowest BCUT2D eigenvalue weighted by atomic mass is 9.91. The van der Waals surface area contributed by atoms with Crippen molar-refractivity contribution in [3.05, 3.63) is 224 Å². The van der Waals surface area contributed by atoms with Gasteiger partial charge in [-0.2, -0.15) is 0 Å². The van der Waals surface area contributed by atoms with Gasteiger partial charge in [-0.25, -0.2) is 15.0 Å². The summed E-state index contributed by atoms with van der Waals surface area (Å²) < 4.78 is 2.42. The van der Waals surface area contributed by atoms with Gasteiger partial charge in [-0.15, -0.1) is 11.3 Å². The van der Waals surface area contributed by atoms with E-state index in [1.165, 1.54) is 69.5 Å². The van der Waals surface area contributed by atoms with Crippen molar-refractivity contribution in [1.82, 2.24) is 15.0 Å². The molecule has 12 rings (SSSR count). The maximum Gasteiger partial charge on any atom is 0.165 e. The predicted molar refractivity (Wildman–Crippen MR) is 266 cm³/mol. The smallest absolute Gasteiger partial charge is 0.165 e. The Labute approximate surface area is 369 Å². The van der Waals surface area contributed by atoms with Gasteiger partial charge in [-0.3, -0.25) is 0 Å². The van der Waals surface area contributed by atoms with E-state index in [4.69, 9.17) is 15.0 Å². The first-order chi connectivity index (χ1) is 31.2. The van der Waals surface area contributed by atoms with E-state index >= 15 is 0 Å². The molecule has 0 aliphatic rings. The number of hydrogen-bond donors (Lipinski definition) is 0. The molecule has 0 saturated heterocycles. The molecule has 0 spiro atoms. The Balaban J connectivity index is 0.958. The number of fused-ring (bicyclic) bond motifs is 5. The second-order valence-corrected chi connectivity index (χ2v) is 17.0. The summed E-state index contributed by atoms with van der Waals surface area (Å²) in [4.78, 5) is 15.7. The van der Waals surface area contributed by atoms with Crippen LogP contribution in [0, 0.1) is 0 Å². The van der Waals surface area contributed by atoms with Crippen LogP contribution in [0.1, 0.15) is 0 Å². The van der Waals surface area contributed by atoms with Gasteiger partial charge in [0.25, 0.3) is 0 Å². The molecule has 3 nitrogen and oxygen atoms in total. The molecule has 0 radical (unpaired) electrons. The number of benzene rings is 10. The van der Waals surface area contributed by atoms with Crippen molar-refractivity contribution in [3.8, 4) is 78.7 Å². The van der Waals surface area contributed by atoms with Crippen LogP contribution in [-0.2, 0) is 0 Å². The van der Waals surface area contributed by atoms with Crippen LogP contribution in [0.25, 0.3) is 120 Å². The molecule has 2 heterocycles. The van der Waals surface area contributed by atoms with Gasteiger partial charge in [-0.1, -0.05) is 200 Å². The van der Waals surface area contributed by atoms with Crippen molar-refractivity contribution >= 4 is 53.1 Å². The van der Waals surface area contributed by atoms with Crippen LogP contribution in [0.4, 0.5) is 0 Å². The molecule has 294 valence electrons. The van der Waals surface area contributed by atoms with E-state index in [2.05, 4.69) is 218 Å². The van der Waals surface area contributed by atoms with Gasteiger partial charge in [0, 0.05) is 36.9 Å². The van der Waals surface area contributed by atoms with E-state index in [9.17, 15) is 0 Å². The minimum atomic E-state index is 0.634. The summed E-state index contributed by atoms with van der Waals surface area (Å²) in [5, 5.41) is 7.34. The van der Waals surface area contributed by atoms with Crippen molar-refractivity contribution in [2.24, 2.45) is 0 Å². The van der Waals surface area contributed by atoms with Crippen LogP contribution in [0.2, 0.25) is 0 Å². The summed E-state index contributed by atoms with van der Waals surface area (Å²) in [5.74, 6) is 1.93. The lowest BCUT2D eigenvalue weighted by molar-refractivity contribution is 1.08. The molecule has 0 N–H and O–H groups in total. The molecule has 2 aromatic heterocycles. The van der Waals surface area contributed by atoms with Crippen LogP contribution in [0.15, 0.2) is 224 Å². The quantitative estimate of drug-likeness (QED) is 0.161. The summed E-state index contributed by atoms with van der Waals surface area (Å²) in [6.45, 7) is 0. The summed E-state index contributed by atoms with van der Waals surface area (Å²) in [7, 11) is 0. The fourth-order valence-electron chi connectivity index (χ4n) is 9.04. The molecule has 0 unspecified atom stereocenters. The number of hydrogen-bond acceptors (Lipinski definition) is 4. The maximum atomic E-state index is 5.26. The SMILES string of the molecule is c1ccc(-c2ccc3ccc(-c4ccc(-c5ccc(-c6nc(-c7ccccc7-c7ccccc7)nc(-c7cccc8c7sc7ccccc78)n6)cc5)c5ccccc45)cc3c2)cc1.